The van der Waals surface area contributed by atoms with Crippen LogP contribution in [0.5, 0.6) is 0 Å². The number of hydrogen-bond donors (Lipinski definition) is 2. The number of anilines is 1. The van der Waals surface area contributed by atoms with Gasteiger partial charge in [0.05, 0.1) is 11.3 Å². The molecule has 3 rings (SSSR count). The highest BCUT2D eigenvalue weighted by Crippen LogP contribution is 2.35. The Morgan fingerprint density at radius 1 is 1.26 bits per heavy atom. The van der Waals surface area contributed by atoms with Crippen molar-refractivity contribution in [3.05, 3.63) is 27.3 Å². The third-order valence-electron chi connectivity index (χ3n) is 4.83. The van der Waals surface area contributed by atoms with Crippen LogP contribution in [0.1, 0.15) is 37.7 Å². The zero-order valence-electron chi connectivity index (χ0n) is 14.2. The summed E-state index contributed by atoms with van der Waals surface area (Å²) in [4.78, 5) is 37.7. The predicted octanol–water partition coefficient (Wildman–Crippen LogP) is 3.50. The Hall–Kier alpha value is -1.85. The van der Waals surface area contributed by atoms with Crippen molar-refractivity contribution in [1.82, 2.24) is 10.2 Å². The van der Waals surface area contributed by atoms with Gasteiger partial charge >= 0.3 is 12.2 Å². The number of alkyl halides is 3. The number of rotatable bonds is 4. The van der Waals surface area contributed by atoms with Crippen LogP contribution in [0.4, 0.5) is 23.7 Å². The van der Waals surface area contributed by atoms with Gasteiger partial charge < -0.3 is 10.6 Å². The van der Waals surface area contributed by atoms with Crippen molar-refractivity contribution in [1.29, 1.82) is 0 Å². The molecule has 1 aromatic rings. The Bertz CT molecular complexity index is 791. The smallest absolute Gasteiger partial charge is 0.325 e. The molecule has 27 heavy (non-hydrogen) atoms. The molecule has 0 aromatic heterocycles. The van der Waals surface area contributed by atoms with Gasteiger partial charge in [-0.2, -0.15) is 13.2 Å². The van der Waals surface area contributed by atoms with Crippen molar-refractivity contribution in [2.24, 2.45) is 0 Å². The highest BCUT2D eigenvalue weighted by atomic mass is 127. The lowest BCUT2D eigenvalue weighted by Gasteiger charge is -2.20. The van der Waals surface area contributed by atoms with Crippen molar-refractivity contribution < 1.29 is 27.6 Å². The fourth-order valence-corrected chi connectivity index (χ4v) is 3.89. The molecule has 2 fully saturated rings. The SMILES string of the molecule is O=C(CCN1C(=O)NC2(CCCC2)C1=O)Nc1cc(C(F)(F)F)ccc1I. The third-order valence-corrected chi connectivity index (χ3v) is 5.77. The monoisotopic (exact) mass is 495 g/mol. The quantitative estimate of drug-likeness (QED) is 0.496. The van der Waals surface area contributed by atoms with Gasteiger partial charge in [-0.25, -0.2) is 4.79 Å². The molecule has 10 heteroatoms. The number of benzene rings is 1. The van der Waals surface area contributed by atoms with E-state index >= 15 is 0 Å². The molecule has 2 N–H and O–H groups in total. The minimum Gasteiger partial charge on any atom is -0.325 e. The van der Waals surface area contributed by atoms with Crippen molar-refractivity contribution in [2.45, 2.75) is 43.8 Å². The van der Waals surface area contributed by atoms with Crippen LogP contribution in [0.15, 0.2) is 18.2 Å². The van der Waals surface area contributed by atoms with Crippen LogP contribution in [0.3, 0.4) is 0 Å². The lowest BCUT2D eigenvalue weighted by molar-refractivity contribution is -0.137. The highest BCUT2D eigenvalue weighted by molar-refractivity contribution is 14.1. The molecule has 6 nitrogen and oxygen atoms in total. The first-order chi connectivity index (χ1) is 12.6. The molecule has 1 spiro atoms. The maximum Gasteiger partial charge on any atom is 0.416 e. The minimum absolute atomic E-state index is 0.0416. The number of hydrogen-bond acceptors (Lipinski definition) is 3. The average Bonchev–Trinajstić information content (AvgIpc) is 3.13. The Balaban J connectivity index is 1.62. The second-order valence-electron chi connectivity index (χ2n) is 6.67. The van der Waals surface area contributed by atoms with Crippen LogP contribution < -0.4 is 10.6 Å². The molecule has 1 saturated heterocycles. The number of nitrogens with one attached hydrogen (secondary N) is 2. The summed E-state index contributed by atoms with van der Waals surface area (Å²) >= 11 is 1.82. The van der Waals surface area contributed by atoms with E-state index in [0.29, 0.717) is 16.4 Å². The van der Waals surface area contributed by atoms with E-state index in [4.69, 9.17) is 0 Å². The summed E-state index contributed by atoms with van der Waals surface area (Å²) in [5.74, 6) is -0.897. The van der Waals surface area contributed by atoms with Gasteiger partial charge in [0.15, 0.2) is 0 Å². The van der Waals surface area contributed by atoms with Crippen LogP contribution in [0.25, 0.3) is 0 Å². The molecule has 0 unspecified atom stereocenters. The van der Waals surface area contributed by atoms with Crippen molar-refractivity contribution in [3.8, 4) is 0 Å². The van der Waals surface area contributed by atoms with E-state index in [2.05, 4.69) is 10.6 Å². The molecule has 1 saturated carbocycles. The first-order valence-corrected chi connectivity index (χ1v) is 9.51. The van der Waals surface area contributed by atoms with Crippen molar-refractivity contribution in [3.63, 3.8) is 0 Å². The predicted molar refractivity (Wildman–Crippen MR) is 98.9 cm³/mol. The zero-order chi connectivity index (χ0) is 19.8. The van der Waals surface area contributed by atoms with E-state index < -0.39 is 29.2 Å². The second-order valence-corrected chi connectivity index (χ2v) is 7.83. The van der Waals surface area contributed by atoms with E-state index in [1.807, 2.05) is 22.6 Å². The summed E-state index contributed by atoms with van der Waals surface area (Å²) in [7, 11) is 0. The Morgan fingerprint density at radius 3 is 2.56 bits per heavy atom. The Kier molecular flexibility index (Phi) is 5.37. The minimum atomic E-state index is -4.51. The summed E-state index contributed by atoms with van der Waals surface area (Å²) in [5, 5.41) is 5.14. The average molecular weight is 495 g/mol. The lowest BCUT2D eigenvalue weighted by atomic mass is 9.98. The molecule has 1 heterocycles. The Morgan fingerprint density at radius 2 is 1.93 bits per heavy atom. The molecular formula is C17H17F3IN3O3. The number of halogens is 4. The first kappa shape index (κ1) is 19.9. The van der Waals surface area contributed by atoms with Gasteiger partial charge in [-0.15, -0.1) is 0 Å². The summed E-state index contributed by atoms with van der Waals surface area (Å²) < 4.78 is 38.9. The van der Waals surface area contributed by atoms with Crippen LogP contribution in [0, 0.1) is 3.57 Å². The molecule has 0 radical (unpaired) electrons. The van der Waals surface area contributed by atoms with E-state index in [1.54, 1.807) is 0 Å². The molecule has 1 aliphatic carbocycles. The van der Waals surface area contributed by atoms with Crippen LogP contribution >= 0.6 is 22.6 Å². The number of carbonyl (C=O) groups excluding carboxylic acids is 3. The summed E-state index contributed by atoms with van der Waals surface area (Å²) in [6.07, 6.45) is -1.82. The van der Waals surface area contributed by atoms with Crippen LogP contribution in [0.2, 0.25) is 0 Å². The molecule has 4 amide bonds. The van der Waals surface area contributed by atoms with Gasteiger partial charge in [0.1, 0.15) is 5.54 Å². The summed E-state index contributed by atoms with van der Waals surface area (Å²) in [5.41, 5.74) is -1.67. The fraction of sp³-hybridized carbons (Fsp3) is 0.471. The van der Waals surface area contributed by atoms with Gasteiger partial charge in [-0.1, -0.05) is 12.8 Å². The summed E-state index contributed by atoms with van der Waals surface area (Å²) in [6, 6.07) is 2.54. The standard InChI is InChI=1S/C17H17F3IN3O3/c18-17(19,20)10-3-4-11(21)12(9-10)22-13(25)5-8-24-14(26)16(23-15(24)27)6-1-2-7-16/h3-4,9H,1-2,5-8H2,(H,22,25)(H,23,27). The summed E-state index contributed by atoms with van der Waals surface area (Å²) in [6.45, 7) is -0.117. The second kappa shape index (κ2) is 7.28. The van der Waals surface area contributed by atoms with Crippen molar-refractivity contribution >= 4 is 46.1 Å². The highest BCUT2D eigenvalue weighted by Gasteiger charge is 2.52. The molecule has 2 aliphatic rings. The molecule has 1 aromatic carbocycles. The maximum atomic E-state index is 12.8. The van der Waals surface area contributed by atoms with Gasteiger partial charge in [0, 0.05) is 16.5 Å². The van der Waals surface area contributed by atoms with Gasteiger partial charge in [-0.05, 0) is 53.6 Å². The maximum absolute atomic E-state index is 12.8. The number of amides is 4. The van der Waals surface area contributed by atoms with Gasteiger partial charge in [-0.3, -0.25) is 14.5 Å². The molecule has 1 aliphatic heterocycles. The van der Waals surface area contributed by atoms with E-state index in [0.717, 1.165) is 29.9 Å². The Labute approximate surface area is 167 Å². The lowest BCUT2D eigenvalue weighted by Crippen LogP contribution is -2.44. The normalized spacial score (nSPS) is 18.9. The van der Waals surface area contributed by atoms with Crippen LogP contribution in [-0.2, 0) is 15.8 Å². The third kappa shape index (κ3) is 4.04. The van der Waals surface area contributed by atoms with Crippen molar-refractivity contribution in [2.75, 3.05) is 11.9 Å². The van der Waals surface area contributed by atoms with Gasteiger partial charge in [0.2, 0.25) is 5.91 Å². The van der Waals surface area contributed by atoms with Gasteiger partial charge in [0.25, 0.3) is 5.91 Å². The van der Waals surface area contributed by atoms with E-state index in [9.17, 15) is 27.6 Å². The first-order valence-electron chi connectivity index (χ1n) is 8.43. The molecule has 146 valence electrons. The fourth-order valence-electron chi connectivity index (χ4n) is 3.42. The zero-order valence-corrected chi connectivity index (χ0v) is 16.3. The molecule has 0 bridgehead atoms. The van der Waals surface area contributed by atoms with Crippen LogP contribution in [-0.4, -0.2) is 34.8 Å². The number of nitrogens with zero attached hydrogens (tertiary/aromatic N) is 1. The van der Waals surface area contributed by atoms with E-state index in [-0.39, 0.29) is 24.6 Å². The number of carbonyl (C=O) groups is 3. The topological polar surface area (TPSA) is 78.5 Å². The molecular weight excluding hydrogens is 478 g/mol. The molecule has 0 atom stereocenters. The van der Waals surface area contributed by atoms with E-state index in [1.165, 1.54) is 6.07 Å². The number of imide groups is 1. The largest absolute Gasteiger partial charge is 0.416 e. The number of urea groups is 1.